The lowest BCUT2D eigenvalue weighted by Gasteiger charge is -2.07. The molecule has 6 nitrogen and oxygen atoms in total. The molecule has 0 radical (unpaired) electrons. The lowest BCUT2D eigenvalue weighted by molar-refractivity contribution is 0.586. The van der Waals surface area contributed by atoms with Gasteiger partial charge in [0.25, 0.3) is 0 Å². The number of nitrogens with zero attached hydrogens (tertiary/aromatic N) is 4. The molecule has 0 saturated heterocycles. The highest BCUT2D eigenvalue weighted by Crippen LogP contribution is 2.10. The van der Waals surface area contributed by atoms with Gasteiger partial charge >= 0.3 is 0 Å². The van der Waals surface area contributed by atoms with Crippen LogP contribution >= 0.6 is 12.2 Å². The zero-order chi connectivity index (χ0) is 16.9. The molecule has 0 amide bonds. The van der Waals surface area contributed by atoms with Crippen molar-refractivity contribution in [3.05, 3.63) is 65.9 Å². The molecule has 0 unspecified atom stereocenters. The smallest absolute Gasteiger partial charge is 0.172 e. The van der Waals surface area contributed by atoms with E-state index in [2.05, 4.69) is 20.8 Å². The summed E-state index contributed by atoms with van der Waals surface area (Å²) in [6, 6.07) is 8.44. The first-order valence-corrected chi connectivity index (χ1v) is 7.80. The van der Waals surface area contributed by atoms with Crippen molar-refractivity contribution < 1.29 is 4.39 Å². The zero-order valence-corrected chi connectivity index (χ0v) is 13.9. The zero-order valence-electron chi connectivity index (χ0n) is 13.1. The van der Waals surface area contributed by atoms with E-state index in [0.717, 1.165) is 5.56 Å². The van der Waals surface area contributed by atoms with Gasteiger partial charge in [-0.05, 0) is 18.3 Å². The highest BCUT2D eigenvalue weighted by Gasteiger charge is 2.05. The molecule has 3 aromatic rings. The number of aryl methyl sites for hydroxylation is 1. The molecule has 0 saturated carbocycles. The molecule has 0 spiro atoms. The van der Waals surface area contributed by atoms with Crippen LogP contribution in [-0.2, 0) is 20.1 Å². The fraction of sp³-hybridized carbons (Fsp3) is 0.188. The summed E-state index contributed by atoms with van der Waals surface area (Å²) in [6.45, 7) is 0.944. The summed E-state index contributed by atoms with van der Waals surface area (Å²) in [7, 11) is 1.86. The molecule has 0 bridgehead atoms. The third kappa shape index (κ3) is 4.17. The fourth-order valence-corrected chi connectivity index (χ4v) is 2.40. The standard InChI is InChI=1S/C16H17FN6S/c1-22-10-12(9-19-22)8-18-16(24)20-15-6-7-23(21-15)11-13-4-2-3-5-14(13)17/h2-7,9-10H,8,11H2,1H3,(H2,18,20,21,24). The van der Waals surface area contributed by atoms with Crippen molar-refractivity contribution in [3.63, 3.8) is 0 Å². The maximum atomic E-state index is 13.7. The van der Waals surface area contributed by atoms with E-state index in [1.54, 1.807) is 46.0 Å². The van der Waals surface area contributed by atoms with Crippen LogP contribution in [0, 0.1) is 5.82 Å². The fourth-order valence-electron chi connectivity index (χ4n) is 2.22. The number of nitrogens with one attached hydrogen (secondary N) is 2. The third-order valence-electron chi connectivity index (χ3n) is 3.38. The van der Waals surface area contributed by atoms with E-state index in [4.69, 9.17) is 12.2 Å². The molecule has 8 heteroatoms. The summed E-state index contributed by atoms with van der Waals surface area (Å²) in [6.07, 6.45) is 5.47. The first kappa shape index (κ1) is 16.1. The van der Waals surface area contributed by atoms with Crippen LogP contribution in [0.25, 0.3) is 0 Å². The minimum atomic E-state index is -0.240. The molecule has 3 rings (SSSR count). The maximum Gasteiger partial charge on any atom is 0.172 e. The van der Waals surface area contributed by atoms with Crippen LogP contribution in [0.4, 0.5) is 10.2 Å². The van der Waals surface area contributed by atoms with E-state index in [1.165, 1.54) is 6.07 Å². The molecule has 0 fully saturated rings. The van der Waals surface area contributed by atoms with Gasteiger partial charge in [-0.1, -0.05) is 18.2 Å². The van der Waals surface area contributed by atoms with Crippen LogP contribution < -0.4 is 10.6 Å². The SMILES string of the molecule is Cn1cc(CNC(=S)Nc2ccn(Cc3ccccc3F)n2)cn1. The summed E-state index contributed by atoms with van der Waals surface area (Å²) >= 11 is 5.24. The second kappa shape index (κ2) is 7.22. The van der Waals surface area contributed by atoms with E-state index in [-0.39, 0.29) is 5.82 Å². The van der Waals surface area contributed by atoms with Gasteiger partial charge in [0.1, 0.15) is 5.82 Å². The molecule has 0 aliphatic heterocycles. The summed E-state index contributed by atoms with van der Waals surface area (Å²) in [5, 5.41) is 15.0. The van der Waals surface area contributed by atoms with Crippen molar-refractivity contribution in [1.29, 1.82) is 0 Å². The summed E-state index contributed by atoms with van der Waals surface area (Å²) in [5.41, 5.74) is 1.62. The molecule has 1 aromatic carbocycles. The highest BCUT2D eigenvalue weighted by molar-refractivity contribution is 7.80. The van der Waals surface area contributed by atoms with Crippen LogP contribution in [0.1, 0.15) is 11.1 Å². The van der Waals surface area contributed by atoms with Crippen molar-refractivity contribution in [1.82, 2.24) is 24.9 Å². The minimum absolute atomic E-state index is 0.240. The lowest BCUT2D eigenvalue weighted by Crippen LogP contribution is -2.28. The number of thiocarbonyl (C=S) groups is 1. The summed E-state index contributed by atoms with van der Waals surface area (Å²) in [4.78, 5) is 0. The second-order valence-electron chi connectivity index (χ2n) is 5.32. The van der Waals surface area contributed by atoms with Gasteiger partial charge in [0, 0.05) is 43.2 Å². The first-order chi connectivity index (χ1) is 11.6. The van der Waals surface area contributed by atoms with Crippen molar-refractivity contribution in [3.8, 4) is 0 Å². The molecule has 0 aliphatic rings. The second-order valence-corrected chi connectivity index (χ2v) is 5.73. The highest BCUT2D eigenvalue weighted by atomic mass is 32.1. The van der Waals surface area contributed by atoms with E-state index in [9.17, 15) is 4.39 Å². The van der Waals surface area contributed by atoms with Crippen LogP contribution in [-0.4, -0.2) is 24.7 Å². The number of benzene rings is 1. The number of halogens is 1. The number of hydrogen-bond acceptors (Lipinski definition) is 3. The van der Waals surface area contributed by atoms with Crippen LogP contribution in [0.5, 0.6) is 0 Å². The van der Waals surface area contributed by atoms with Crippen molar-refractivity contribution in [2.45, 2.75) is 13.1 Å². The Morgan fingerprint density at radius 3 is 2.88 bits per heavy atom. The van der Waals surface area contributed by atoms with Gasteiger partial charge in [-0.15, -0.1) is 0 Å². The van der Waals surface area contributed by atoms with Crippen LogP contribution in [0.15, 0.2) is 48.9 Å². The Balaban J connectivity index is 1.53. The molecule has 124 valence electrons. The molecular formula is C16H17FN6S. The normalized spacial score (nSPS) is 10.6. The van der Waals surface area contributed by atoms with Gasteiger partial charge in [-0.3, -0.25) is 9.36 Å². The lowest BCUT2D eigenvalue weighted by atomic mass is 10.2. The van der Waals surface area contributed by atoms with Gasteiger partial charge in [-0.2, -0.15) is 10.2 Å². The Labute approximate surface area is 144 Å². The summed E-state index contributed by atoms with van der Waals surface area (Å²) in [5.74, 6) is 0.367. The topological polar surface area (TPSA) is 59.7 Å². The molecule has 0 atom stereocenters. The van der Waals surface area contributed by atoms with E-state index < -0.39 is 0 Å². The first-order valence-electron chi connectivity index (χ1n) is 7.39. The van der Waals surface area contributed by atoms with Gasteiger partial charge in [0.05, 0.1) is 12.7 Å². The molecule has 2 heterocycles. The van der Waals surface area contributed by atoms with Crippen LogP contribution in [0.2, 0.25) is 0 Å². The minimum Gasteiger partial charge on any atom is -0.358 e. The number of aromatic nitrogens is 4. The Bertz CT molecular complexity index is 840. The quantitative estimate of drug-likeness (QED) is 0.696. The van der Waals surface area contributed by atoms with Gasteiger partial charge in [0.2, 0.25) is 0 Å². The van der Waals surface area contributed by atoms with Gasteiger partial charge in [0.15, 0.2) is 10.9 Å². The average molecular weight is 344 g/mol. The van der Waals surface area contributed by atoms with E-state index in [1.807, 2.05) is 13.2 Å². The van der Waals surface area contributed by atoms with Crippen LogP contribution in [0.3, 0.4) is 0 Å². The molecule has 2 N–H and O–H groups in total. The van der Waals surface area contributed by atoms with Gasteiger partial charge < -0.3 is 10.6 Å². The molecular weight excluding hydrogens is 327 g/mol. The Hall–Kier alpha value is -2.74. The van der Waals surface area contributed by atoms with E-state index >= 15 is 0 Å². The third-order valence-corrected chi connectivity index (χ3v) is 3.63. The van der Waals surface area contributed by atoms with E-state index in [0.29, 0.717) is 29.6 Å². The Morgan fingerprint density at radius 2 is 2.12 bits per heavy atom. The Kier molecular flexibility index (Phi) is 4.85. The van der Waals surface area contributed by atoms with Gasteiger partial charge in [-0.25, -0.2) is 4.39 Å². The molecule has 2 aromatic heterocycles. The Morgan fingerprint density at radius 1 is 1.29 bits per heavy atom. The average Bonchev–Trinajstić information content (AvgIpc) is 3.17. The van der Waals surface area contributed by atoms with Crippen molar-refractivity contribution in [2.24, 2.45) is 7.05 Å². The number of rotatable bonds is 5. The summed E-state index contributed by atoms with van der Waals surface area (Å²) < 4.78 is 17.1. The predicted octanol–water partition coefficient (Wildman–Crippen LogP) is 2.29. The monoisotopic (exact) mass is 344 g/mol. The molecule has 0 aliphatic carbocycles. The number of hydrogen-bond donors (Lipinski definition) is 2. The number of anilines is 1. The molecule has 24 heavy (non-hydrogen) atoms. The maximum absolute atomic E-state index is 13.7. The predicted molar refractivity (Wildman–Crippen MR) is 94.0 cm³/mol. The van der Waals surface area contributed by atoms with Crippen molar-refractivity contribution in [2.75, 3.05) is 5.32 Å². The largest absolute Gasteiger partial charge is 0.358 e. The van der Waals surface area contributed by atoms with Crippen molar-refractivity contribution >= 4 is 23.1 Å².